The molecule has 1 atom stereocenters. The SMILES string of the molecule is Cc1cc(C2CC(=O)Nc3c2c(C)nn3C2CCCC2)on1. The highest BCUT2D eigenvalue weighted by Gasteiger charge is 2.36. The second-order valence-electron chi connectivity index (χ2n) is 6.41. The highest BCUT2D eigenvalue weighted by Crippen LogP contribution is 2.42. The molecule has 2 aliphatic rings. The Hall–Kier alpha value is -2.11. The van der Waals surface area contributed by atoms with Gasteiger partial charge in [-0.2, -0.15) is 5.10 Å². The topological polar surface area (TPSA) is 73.0 Å². The molecule has 6 heteroatoms. The summed E-state index contributed by atoms with van der Waals surface area (Å²) in [5, 5.41) is 11.7. The highest BCUT2D eigenvalue weighted by atomic mass is 16.5. The minimum absolute atomic E-state index is 0.0192. The minimum atomic E-state index is -0.0832. The van der Waals surface area contributed by atoms with Crippen LogP contribution in [0.25, 0.3) is 0 Å². The van der Waals surface area contributed by atoms with E-state index in [-0.39, 0.29) is 11.8 Å². The number of nitrogens with one attached hydrogen (secondary N) is 1. The van der Waals surface area contributed by atoms with E-state index in [0.29, 0.717) is 12.5 Å². The monoisotopic (exact) mass is 300 g/mol. The number of nitrogens with zero attached hydrogens (tertiary/aromatic N) is 3. The lowest BCUT2D eigenvalue weighted by molar-refractivity contribution is -0.116. The van der Waals surface area contributed by atoms with Gasteiger partial charge in [-0.15, -0.1) is 0 Å². The first-order valence-corrected chi connectivity index (χ1v) is 7.95. The van der Waals surface area contributed by atoms with Gasteiger partial charge in [0, 0.05) is 18.1 Å². The maximum absolute atomic E-state index is 12.2. The molecule has 3 heterocycles. The average Bonchev–Trinajstić information content (AvgIpc) is 3.19. The quantitative estimate of drug-likeness (QED) is 0.925. The first-order valence-electron chi connectivity index (χ1n) is 7.95. The molecule has 1 saturated carbocycles. The average molecular weight is 300 g/mol. The van der Waals surface area contributed by atoms with E-state index >= 15 is 0 Å². The van der Waals surface area contributed by atoms with Crippen molar-refractivity contribution < 1.29 is 9.32 Å². The standard InChI is InChI=1S/C16H20N4O2/c1-9-7-13(22-19-9)12-8-14(21)17-16-15(12)10(2)18-20(16)11-5-3-4-6-11/h7,11-12H,3-6,8H2,1-2H3,(H,17,21). The van der Waals surface area contributed by atoms with Gasteiger partial charge in [-0.3, -0.25) is 4.79 Å². The second kappa shape index (κ2) is 4.97. The summed E-state index contributed by atoms with van der Waals surface area (Å²) in [7, 11) is 0. The summed E-state index contributed by atoms with van der Waals surface area (Å²) in [6.07, 6.45) is 5.12. The van der Waals surface area contributed by atoms with Crippen LogP contribution in [-0.2, 0) is 4.79 Å². The van der Waals surface area contributed by atoms with E-state index in [1.807, 2.05) is 24.6 Å². The maximum atomic E-state index is 12.2. The number of hydrogen-bond donors (Lipinski definition) is 1. The second-order valence-corrected chi connectivity index (χ2v) is 6.41. The van der Waals surface area contributed by atoms with E-state index in [1.165, 1.54) is 12.8 Å². The molecule has 1 unspecified atom stereocenters. The van der Waals surface area contributed by atoms with E-state index in [4.69, 9.17) is 9.62 Å². The summed E-state index contributed by atoms with van der Waals surface area (Å²) in [5.41, 5.74) is 2.90. The molecule has 0 aromatic carbocycles. The van der Waals surface area contributed by atoms with Gasteiger partial charge in [-0.1, -0.05) is 18.0 Å². The summed E-state index contributed by atoms with van der Waals surface area (Å²) in [6.45, 7) is 3.91. The van der Waals surface area contributed by atoms with Crippen molar-refractivity contribution in [2.75, 3.05) is 5.32 Å². The third-order valence-corrected chi connectivity index (χ3v) is 4.79. The van der Waals surface area contributed by atoms with Crippen LogP contribution in [0.3, 0.4) is 0 Å². The number of fused-ring (bicyclic) bond motifs is 1. The smallest absolute Gasteiger partial charge is 0.226 e. The Kier molecular flexibility index (Phi) is 3.06. The third kappa shape index (κ3) is 2.05. The van der Waals surface area contributed by atoms with Gasteiger partial charge in [-0.05, 0) is 26.7 Å². The van der Waals surface area contributed by atoms with Gasteiger partial charge in [-0.25, -0.2) is 4.68 Å². The molecule has 22 heavy (non-hydrogen) atoms. The fourth-order valence-electron chi connectivity index (χ4n) is 3.78. The highest BCUT2D eigenvalue weighted by molar-refractivity contribution is 5.94. The molecular formula is C16H20N4O2. The van der Waals surface area contributed by atoms with Crippen molar-refractivity contribution in [3.8, 4) is 0 Å². The number of carbonyl (C=O) groups is 1. The van der Waals surface area contributed by atoms with Crippen LogP contribution in [0.15, 0.2) is 10.6 Å². The number of anilines is 1. The van der Waals surface area contributed by atoms with Crippen LogP contribution in [0.5, 0.6) is 0 Å². The van der Waals surface area contributed by atoms with Crippen LogP contribution in [0.1, 0.15) is 66.8 Å². The molecule has 1 aliphatic carbocycles. The van der Waals surface area contributed by atoms with Crippen molar-refractivity contribution >= 4 is 11.7 Å². The number of aryl methyl sites for hydroxylation is 2. The zero-order valence-electron chi connectivity index (χ0n) is 12.9. The van der Waals surface area contributed by atoms with Crippen molar-refractivity contribution in [3.63, 3.8) is 0 Å². The number of rotatable bonds is 2. The molecule has 1 amide bonds. The van der Waals surface area contributed by atoms with Gasteiger partial charge >= 0.3 is 0 Å². The molecule has 0 radical (unpaired) electrons. The van der Waals surface area contributed by atoms with Crippen LogP contribution >= 0.6 is 0 Å². The Morgan fingerprint density at radius 1 is 1.32 bits per heavy atom. The lowest BCUT2D eigenvalue weighted by Crippen LogP contribution is -2.25. The van der Waals surface area contributed by atoms with Crippen molar-refractivity contribution in [1.29, 1.82) is 0 Å². The van der Waals surface area contributed by atoms with Crippen LogP contribution < -0.4 is 5.32 Å². The summed E-state index contributed by atoms with van der Waals surface area (Å²) in [6, 6.07) is 2.32. The molecule has 0 saturated heterocycles. The lowest BCUT2D eigenvalue weighted by Gasteiger charge is -2.23. The molecule has 0 bridgehead atoms. The van der Waals surface area contributed by atoms with Gasteiger partial charge in [0.2, 0.25) is 5.91 Å². The van der Waals surface area contributed by atoms with Crippen LogP contribution in [0, 0.1) is 13.8 Å². The molecule has 0 spiro atoms. The Balaban J connectivity index is 1.81. The largest absolute Gasteiger partial charge is 0.360 e. The predicted octanol–water partition coefficient (Wildman–Crippen LogP) is 3.08. The van der Waals surface area contributed by atoms with E-state index in [9.17, 15) is 4.79 Å². The molecule has 1 fully saturated rings. The van der Waals surface area contributed by atoms with Crippen LogP contribution in [0.2, 0.25) is 0 Å². The van der Waals surface area contributed by atoms with Crippen molar-refractivity contribution in [2.45, 2.75) is 57.9 Å². The minimum Gasteiger partial charge on any atom is -0.360 e. The Bertz CT molecular complexity index is 725. The summed E-state index contributed by atoms with van der Waals surface area (Å²) in [4.78, 5) is 12.2. The van der Waals surface area contributed by atoms with E-state index in [1.54, 1.807) is 0 Å². The normalized spacial score (nSPS) is 21.9. The van der Waals surface area contributed by atoms with Crippen LogP contribution in [0.4, 0.5) is 5.82 Å². The van der Waals surface area contributed by atoms with E-state index < -0.39 is 0 Å². The number of carbonyl (C=O) groups excluding carboxylic acids is 1. The molecule has 1 N–H and O–H groups in total. The maximum Gasteiger partial charge on any atom is 0.226 e. The van der Waals surface area contributed by atoms with Gasteiger partial charge in [0.1, 0.15) is 11.6 Å². The van der Waals surface area contributed by atoms with Gasteiger partial charge in [0.15, 0.2) is 0 Å². The molecule has 2 aromatic rings. The number of amides is 1. The van der Waals surface area contributed by atoms with Gasteiger partial charge in [0.25, 0.3) is 0 Å². The fourth-order valence-corrected chi connectivity index (χ4v) is 3.78. The third-order valence-electron chi connectivity index (χ3n) is 4.79. The molecule has 6 nitrogen and oxygen atoms in total. The fraction of sp³-hybridized carbons (Fsp3) is 0.562. The Morgan fingerprint density at radius 3 is 2.77 bits per heavy atom. The summed E-state index contributed by atoms with van der Waals surface area (Å²) in [5.74, 6) is 1.55. The molecule has 4 rings (SSSR count). The van der Waals surface area contributed by atoms with Crippen molar-refractivity contribution in [2.24, 2.45) is 0 Å². The van der Waals surface area contributed by atoms with Crippen LogP contribution in [-0.4, -0.2) is 20.8 Å². The zero-order chi connectivity index (χ0) is 15.3. The molecule has 1 aliphatic heterocycles. The molecule has 116 valence electrons. The summed E-state index contributed by atoms with van der Waals surface area (Å²) < 4.78 is 7.46. The van der Waals surface area contributed by atoms with Crippen molar-refractivity contribution in [1.82, 2.24) is 14.9 Å². The van der Waals surface area contributed by atoms with E-state index in [0.717, 1.165) is 41.4 Å². The predicted molar refractivity (Wildman–Crippen MR) is 80.8 cm³/mol. The van der Waals surface area contributed by atoms with Crippen molar-refractivity contribution in [3.05, 3.63) is 28.8 Å². The zero-order valence-corrected chi connectivity index (χ0v) is 12.9. The Morgan fingerprint density at radius 2 is 2.09 bits per heavy atom. The molecule has 2 aromatic heterocycles. The lowest BCUT2D eigenvalue weighted by atomic mass is 9.89. The van der Waals surface area contributed by atoms with Gasteiger partial charge < -0.3 is 9.84 Å². The number of aromatic nitrogens is 3. The first-order chi connectivity index (χ1) is 10.6. The summed E-state index contributed by atoms with van der Waals surface area (Å²) >= 11 is 0. The van der Waals surface area contributed by atoms with Gasteiger partial charge in [0.05, 0.1) is 23.3 Å². The Labute approximate surface area is 128 Å². The molecular weight excluding hydrogens is 280 g/mol. The number of hydrogen-bond acceptors (Lipinski definition) is 4. The van der Waals surface area contributed by atoms with E-state index in [2.05, 4.69) is 10.5 Å². The first kappa shape index (κ1) is 13.5.